The molecular formula is C32H49BO5. The van der Waals surface area contributed by atoms with E-state index in [1.54, 1.807) is 0 Å². The molecule has 0 amide bonds. The van der Waals surface area contributed by atoms with Crippen LogP contribution in [0.5, 0.6) is 11.5 Å². The van der Waals surface area contributed by atoms with Crippen molar-refractivity contribution in [1.82, 2.24) is 0 Å². The van der Waals surface area contributed by atoms with Crippen LogP contribution in [-0.2, 0) is 0 Å². The summed E-state index contributed by atoms with van der Waals surface area (Å²) in [6.45, 7) is 8.81. The topological polar surface area (TPSA) is 76.0 Å². The van der Waals surface area contributed by atoms with Crippen LogP contribution in [0, 0.1) is 20.8 Å². The lowest BCUT2D eigenvalue weighted by molar-refractivity contribution is 0.0732. The highest BCUT2D eigenvalue weighted by Gasteiger charge is 2.18. The second-order valence-corrected chi connectivity index (χ2v) is 10.6. The fourth-order valence-corrected chi connectivity index (χ4v) is 4.75. The van der Waals surface area contributed by atoms with Gasteiger partial charge in [-0.3, -0.25) is 0 Å². The van der Waals surface area contributed by atoms with Crippen molar-refractivity contribution in [2.24, 2.45) is 0 Å². The normalized spacial score (nSPS) is 11.0. The highest BCUT2D eigenvalue weighted by molar-refractivity contribution is 6.58. The predicted octanol–water partition coefficient (Wildman–Crippen LogP) is 7.37. The molecule has 0 aliphatic heterocycles. The molecule has 2 aromatic carbocycles. The van der Waals surface area contributed by atoms with Crippen LogP contribution in [0.15, 0.2) is 30.3 Å². The monoisotopic (exact) mass is 524 g/mol. The number of esters is 1. The second-order valence-electron chi connectivity index (χ2n) is 10.6. The van der Waals surface area contributed by atoms with E-state index in [2.05, 4.69) is 6.92 Å². The first-order valence-corrected chi connectivity index (χ1v) is 14.8. The summed E-state index contributed by atoms with van der Waals surface area (Å²) in [5, 5.41) is 18.5. The number of aryl methyl sites for hydroxylation is 1. The molecular weight excluding hydrogens is 475 g/mol. The van der Waals surface area contributed by atoms with Crippen LogP contribution in [0.2, 0.25) is 0 Å². The zero-order valence-electron chi connectivity index (χ0n) is 24.2. The van der Waals surface area contributed by atoms with Crippen LogP contribution in [0.4, 0.5) is 0 Å². The summed E-state index contributed by atoms with van der Waals surface area (Å²) in [4.78, 5) is 12.6. The predicted molar refractivity (Wildman–Crippen MR) is 158 cm³/mol. The molecule has 0 bridgehead atoms. The first-order valence-electron chi connectivity index (χ1n) is 14.8. The lowest BCUT2D eigenvalue weighted by atomic mass is 9.80. The molecule has 2 rings (SSSR count). The largest absolute Gasteiger partial charge is 0.493 e. The van der Waals surface area contributed by atoms with E-state index in [1.165, 1.54) is 108 Å². The zero-order chi connectivity index (χ0) is 27.8. The van der Waals surface area contributed by atoms with Gasteiger partial charge in [0.2, 0.25) is 0 Å². The Morgan fingerprint density at radius 1 is 0.737 bits per heavy atom. The van der Waals surface area contributed by atoms with Gasteiger partial charge < -0.3 is 19.5 Å². The fraction of sp³-hybridized carbons (Fsp3) is 0.594. The number of rotatable bonds is 19. The Hall–Kier alpha value is -2.31. The van der Waals surface area contributed by atoms with E-state index in [0.717, 1.165) is 28.9 Å². The van der Waals surface area contributed by atoms with Gasteiger partial charge in [-0.1, -0.05) is 103 Å². The third-order valence-electron chi connectivity index (χ3n) is 7.37. The highest BCUT2D eigenvalue weighted by Crippen LogP contribution is 2.33. The molecule has 0 aromatic heterocycles. The van der Waals surface area contributed by atoms with Crippen LogP contribution >= 0.6 is 0 Å². The number of hydrogen-bond donors (Lipinski definition) is 2. The van der Waals surface area contributed by atoms with Gasteiger partial charge in [-0.05, 0) is 67.5 Å². The van der Waals surface area contributed by atoms with Crippen LogP contribution in [0.25, 0.3) is 0 Å². The summed E-state index contributed by atoms with van der Waals surface area (Å²) in [5.74, 6) is 0.907. The minimum atomic E-state index is -1.57. The average Bonchev–Trinajstić information content (AvgIpc) is 2.91. The van der Waals surface area contributed by atoms with Gasteiger partial charge in [0, 0.05) is 0 Å². The molecule has 0 aliphatic rings. The van der Waals surface area contributed by atoms with E-state index in [4.69, 9.17) is 9.47 Å². The Kier molecular flexibility index (Phi) is 15.2. The van der Waals surface area contributed by atoms with Crippen molar-refractivity contribution >= 4 is 18.6 Å². The number of hydrogen-bond acceptors (Lipinski definition) is 5. The summed E-state index contributed by atoms with van der Waals surface area (Å²) in [5.41, 5.74) is 3.38. The number of carbonyl (C=O) groups excluding carboxylic acids is 1. The van der Waals surface area contributed by atoms with E-state index in [0.29, 0.717) is 23.4 Å². The van der Waals surface area contributed by atoms with Crippen molar-refractivity contribution < 1.29 is 24.3 Å². The van der Waals surface area contributed by atoms with Gasteiger partial charge in [-0.2, -0.15) is 0 Å². The maximum absolute atomic E-state index is 12.6. The number of ether oxygens (including phenoxy) is 2. The lowest BCUT2D eigenvalue weighted by Gasteiger charge is -2.17. The lowest BCUT2D eigenvalue weighted by Crippen LogP contribution is -2.29. The number of carbonyl (C=O) groups is 1. The molecule has 0 fully saturated rings. The molecule has 0 radical (unpaired) electrons. The van der Waals surface area contributed by atoms with Gasteiger partial charge in [-0.15, -0.1) is 0 Å². The highest BCUT2D eigenvalue weighted by atomic mass is 16.5. The molecule has 0 saturated heterocycles. The third-order valence-corrected chi connectivity index (χ3v) is 7.37. The molecule has 0 heterocycles. The second kappa shape index (κ2) is 18.1. The SMILES string of the molecule is CCCCCCCCCCCCCCCCOc1cc(C)c(OC(=O)c2ccc(B(O)O)cc2)c(C)c1C. The minimum absolute atomic E-state index is 0.324. The molecule has 0 saturated carbocycles. The minimum Gasteiger partial charge on any atom is -0.493 e. The molecule has 0 spiro atoms. The smallest absolute Gasteiger partial charge is 0.488 e. The molecule has 6 heteroatoms. The number of unbranched alkanes of at least 4 members (excludes halogenated alkanes) is 13. The standard InChI is InChI=1S/C32H49BO5/c1-5-6-7-8-9-10-11-12-13-14-15-16-17-18-23-37-30-24-25(2)31(27(4)26(30)3)38-32(34)28-19-21-29(22-20-28)33(35)36/h19-22,24,35-36H,5-18,23H2,1-4H3. The van der Waals surface area contributed by atoms with Gasteiger partial charge in [0.05, 0.1) is 12.2 Å². The van der Waals surface area contributed by atoms with Gasteiger partial charge in [0.25, 0.3) is 0 Å². The van der Waals surface area contributed by atoms with Gasteiger partial charge in [-0.25, -0.2) is 4.79 Å². The van der Waals surface area contributed by atoms with E-state index < -0.39 is 13.1 Å². The van der Waals surface area contributed by atoms with Crippen LogP contribution < -0.4 is 14.9 Å². The van der Waals surface area contributed by atoms with E-state index in [-0.39, 0.29) is 0 Å². The molecule has 38 heavy (non-hydrogen) atoms. The van der Waals surface area contributed by atoms with E-state index in [1.807, 2.05) is 26.8 Å². The van der Waals surface area contributed by atoms with Gasteiger partial charge in [0.15, 0.2) is 0 Å². The Balaban J connectivity index is 1.66. The van der Waals surface area contributed by atoms with E-state index in [9.17, 15) is 14.8 Å². The average molecular weight is 525 g/mol. The summed E-state index contributed by atoms with van der Waals surface area (Å²) >= 11 is 0. The Labute approximate surface area is 231 Å². The number of benzene rings is 2. The first-order chi connectivity index (χ1) is 18.3. The Bertz CT molecular complexity index is 955. The maximum atomic E-state index is 12.6. The van der Waals surface area contributed by atoms with Crippen LogP contribution in [0.1, 0.15) is 124 Å². The quantitative estimate of drug-likeness (QED) is 0.0869. The molecule has 5 nitrogen and oxygen atoms in total. The summed E-state index contributed by atoms with van der Waals surface area (Å²) in [6, 6.07) is 8.01. The third kappa shape index (κ3) is 11.2. The van der Waals surface area contributed by atoms with Crippen molar-refractivity contribution in [3.63, 3.8) is 0 Å². The summed E-state index contributed by atoms with van der Waals surface area (Å²) < 4.78 is 11.8. The molecule has 0 unspecified atom stereocenters. The fourth-order valence-electron chi connectivity index (χ4n) is 4.75. The first kappa shape index (κ1) is 31.9. The summed E-state index contributed by atoms with van der Waals surface area (Å²) in [7, 11) is -1.57. The molecule has 0 aliphatic carbocycles. The molecule has 2 N–H and O–H groups in total. The Morgan fingerprint density at radius 2 is 1.24 bits per heavy atom. The molecule has 2 aromatic rings. The maximum Gasteiger partial charge on any atom is 0.488 e. The Morgan fingerprint density at radius 3 is 1.74 bits per heavy atom. The van der Waals surface area contributed by atoms with Gasteiger partial charge >= 0.3 is 13.1 Å². The van der Waals surface area contributed by atoms with Crippen molar-refractivity contribution in [3.8, 4) is 11.5 Å². The summed E-state index contributed by atoms with van der Waals surface area (Å²) in [6.07, 6.45) is 18.7. The van der Waals surface area contributed by atoms with Crippen LogP contribution in [-0.4, -0.2) is 29.7 Å². The molecule has 0 atom stereocenters. The zero-order valence-corrected chi connectivity index (χ0v) is 24.2. The van der Waals surface area contributed by atoms with Crippen molar-refractivity contribution in [2.45, 2.75) is 118 Å². The van der Waals surface area contributed by atoms with Crippen molar-refractivity contribution in [1.29, 1.82) is 0 Å². The van der Waals surface area contributed by atoms with Crippen molar-refractivity contribution in [3.05, 3.63) is 52.6 Å². The van der Waals surface area contributed by atoms with E-state index >= 15 is 0 Å². The molecule has 210 valence electrons. The van der Waals surface area contributed by atoms with Crippen molar-refractivity contribution in [2.75, 3.05) is 6.61 Å². The van der Waals surface area contributed by atoms with Gasteiger partial charge in [0.1, 0.15) is 11.5 Å². The van der Waals surface area contributed by atoms with Crippen LogP contribution in [0.3, 0.4) is 0 Å².